The number of unbranched alkanes of at least 4 members (excludes halogenated alkanes) is 2. The second-order valence-corrected chi connectivity index (χ2v) is 11.0. The monoisotopic (exact) mass is 436 g/mol. The van der Waals surface area contributed by atoms with Crippen LogP contribution in [0.3, 0.4) is 0 Å². The Bertz CT molecular complexity index is 666. The Morgan fingerprint density at radius 2 is 1.94 bits per heavy atom. The molecule has 6 nitrogen and oxygen atoms in total. The number of carbonyl (C=O) groups excluding carboxylic acids is 2. The summed E-state index contributed by atoms with van der Waals surface area (Å²) in [5.74, 6) is 0.760. The third-order valence-electron chi connectivity index (χ3n) is 9.30. The first-order chi connectivity index (χ1) is 14.8. The van der Waals surface area contributed by atoms with Crippen molar-refractivity contribution < 1.29 is 28.9 Å². The van der Waals surface area contributed by atoms with Gasteiger partial charge in [-0.2, -0.15) is 0 Å². The van der Waals surface area contributed by atoms with Gasteiger partial charge in [0.2, 0.25) is 0 Å². The van der Waals surface area contributed by atoms with E-state index in [9.17, 15) is 14.7 Å². The van der Waals surface area contributed by atoms with Gasteiger partial charge in [0, 0.05) is 31.3 Å². The molecule has 3 aliphatic carbocycles. The summed E-state index contributed by atoms with van der Waals surface area (Å²) in [5, 5.41) is 11.3. The zero-order valence-corrected chi connectivity index (χ0v) is 19.4. The maximum absolute atomic E-state index is 11.6. The molecule has 4 unspecified atom stereocenters. The van der Waals surface area contributed by atoms with E-state index in [4.69, 9.17) is 14.2 Å². The first-order valence-corrected chi connectivity index (χ1v) is 12.3. The SMILES string of the molecule is CC(=O)O[C@H]1COC2C3C(CC[C@@]21C)[C@@]1(C)CC[C@H](OCCCCC=O)CC1C[C@@H]3O. The molecule has 176 valence electrons. The Morgan fingerprint density at radius 1 is 1.16 bits per heavy atom. The van der Waals surface area contributed by atoms with Gasteiger partial charge in [-0.25, -0.2) is 0 Å². The predicted octanol–water partition coefficient (Wildman–Crippen LogP) is 3.67. The van der Waals surface area contributed by atoms with E-state index in [-0.39, 0.29) is 47.1 Å². The number of fused-ring (bicyclic) bond motifs is 5. The quantitative estimate of drug-likeness (QED) is 0.372. The summed E-state index contributed by atoms with van der Waals surface area (Å²) in [5.41, 5.74) is -0.00960. The lowest BCUT2D eigenvalue weighted by molar-refractivity contribution is -0.195. The number of aldehydes is 1. The molecular formula is C25H40O6. The van der Waals surface area contributed by atoms with E-state index in [1.54, 1.807) is 0 Å². The summed E-state index contributed by atoms with van der Waals surface area (Å²) >= 11 is 0. The molecule has 4 aliphatic rings. The molecule has 0 spiro atoms. The Labute approximate surface area is 186 Å². The second kappa shape index (κ2) is 9.11. The van der Waals surface area contributed by atoms with Crippen molar-refractivity contribution in [3.05, 3.63) is 0 Å². The molecular weight excluding hydrogens is 396 g/mol. The molecule has 4 fully saturated rings. The molecule has 1 saturated heterocycles. The average molecular weight is 437 g/mol. The molecule has 0 amide bonds. The van der Waals surface area contributed by atoms with E-state index in [2.05, 4.69) is 13.8 Å². The summed E-state index contributed by atoms with van der Waals surface area (Å²) in [7, 11) is 0. The van der Waals surface area contributed by atoms with Crippen molar-refractivity contribution in [2.45, 2.75) is 103 Å². The number of carbonyl (C=O) groups is 2. The maximum atomic E-state index is 11.6. The normalized spacial score (nSPS) is 46.5. The van der Waals surface area contributed by atoms with Gasteiger partial charge in [-0.05, 0) is 68.6 Å². The summed E-state index contributed by atoms with van der Waals surface area (Å²) in [6, 6.07) is 0. The van der Waals surface area contributed by atoms with Crippen LogP contribution in [0.5, 0.6) is 0 Å². The van der Waals surface area contributed by atoms with Gasteiger partial charge in [0.1, 0.15) is 12.4 Å². The molecule has 1 aliphatic heterocycles. The van der Waals surface area contributed by atoms with Crippen molar-refractivity contribution in [3.8, 4) is 0 Å². The van der Waals surface area contributed by atoms with Crippen LogP contribution in [0, 0.1) is 28.6 Å². The van der Waals surface area contributed by atoms with Gasteiger partial charge >= 0.3 is 5.97 Å². The van der Waals surface area contributed by atoms with Crippen molar-refractivity contribution in [1.82, 2.24) is 0 Å². The van der Waals surface area contributed by atoms with Gasteiger partial charge in [0.15, 0.2) is 0 Å². The third kappa shape index (κ3) is 4.20. The fourth-order valence-electron chi connectivity index (χ4n) is 7.50. The molecule has 31 heavy (non-hydrogen) atoms. The molecule has 0 aromatic heterocycles. The Morgan fingerprint density at radius 3 is 2.68 bits per heavy atom. The van der Waals surface area contributed by atoms with Crippen LogP contribution in [0.2, 0.25) is 0 Å². The minimum absolute atomic E-state index is 0.0461. The third-order valence-corrected chi connectivity index (χ3v) is 9.30. The van der Waals surface area contributed by atoms with Crippen molar-refractivity contribution in [2.24, 2.45) is 28.6 Å². The molecule has 1 N–H and O–H groups in total. The largest absolute Gasteiger partial charge is 0.459 e. The van der Waals surface area contributed by atoms with Gasteiger partial charge in [0.25, 0.3) is 0 Å². The zero-order valence-electron chi connectivity index (χ0n) is 19.4. The summed E-state index contributed by atoms with van der Waals surface area (Å²) in [6.07, 6.45) is 9.10. The number of aliphatic hydroxyl groups is 1. The molecule has 0 aromatic rings. The number of hydrogen-bond donors (Lipinski definition) is 1. The molecule has 9 atom stereocenters. The Kier molecular flexibility index (Phi) is 6.81. The average Bonchev–Trinajstić information content (AvgIpc) is 3.04. The van der Waals surface area contributed by atoms with E-state index >= 15 is 0 Å². The molecule has 1 heterocycles. The number of ether oxygens (including phenoxy) is 3. The fraction of sp³-hybridized carbons (Fsp3) is 0.920. The van der Waals surface area contributed by atoms with E-state index in [0.29, 0.717) is 24.9 Å². The molecule has 0 bridgehead atoms. The number of aliphatic hydroxyl groups excluding tert-OH is 1. The smallest absolute Gasteiger partial charge is 0.303 e. The molecule has 6 heteroatoms. The van der Waals surface area contributed by atoms with Crippen molar-refractivity contribution in [3.63, 3.8) is 0 Å². The van der Waals surface area contributed by atoms with Crippen molar-refractivity contribution >= 4 is 12.3 Å². The van der Waals surface area contributed by atoms with Crippen LogP contribution in [0.1, 0.15) is 78.6 Å². The highest BCUT2D eigenvalue weighted by Gasteiger charge is 2.64. The Balaban J connectivity index is 1.42. The first kappa shape index (κ1) is 23.2. The summed E-state index contributed by atoms with van der Waals surface area (Å²) in [4.78, 5) is 22.1. The van der Waals surface area contributed by atoms with E-state index in [0.717, 1.165) is 64.3 Å². The van der Waals surface area contributed by atoms with Crippen molar-refractivity contribution in [1.29, 1.82) is 0 Å². The lowest BCUT2D eigenvalue weighted by Crippen LogP contribution is -2.61. The summed E-state index contributed by atoms with van der Waals surface area (Å²) in [6.45, 7) is 7.25. The minimum Gasteiger partial charge on any atom is -0.459 e. The molecule has 0 radical (unpaired) electrons. The second-order valence-electron chi connectivity index (χ2n) is 11.0. The molecule has 3 saturated carbocycles. The maximum Gasteiger partial charge on any atom is 0.303 e. The van der Waals surface area contributed by atoms with Crippen LogP contribution in [0.4, 0.5) is 0 Å². The van der Waals surface area contributed by atoms with Crippen LogP contribution in [-0.2, 0) is 23.8 Å². The lowest BCUT2D eigenvalue weighted by Gasteiger charge is -2.61. The van der Waals surface area contributed by atoms with Crippen LogP contribution in [0.25, 0.3) is 0 Å². The predicted molar refractivity (Wildman–Crippen MR) is 115 cm³/mol. The molecule has 4 rings (SSSR count). The van der Waals surface area contributed by atoms with E-state index in [1.165, 1.54) is 6.92 Å². The van der Waals surface area contributed by atoms with Crippen LogP contribution in [-0.4, -0.2) is 55.0 Å². The van der Waals surface area contributed by atoms with Crippen LogP contribution in [0.15, 0.2) is 0 Å². The number of rotatable bonds is 7. The first-order valence-electron chi connectivity index (χ1n) is 12.3. The standard InChI is InChI=1S/C25H40O6/c1-16(27)31-21-15-30-23-22-19(8-10-25(21,23)3)24(2)9-7-18(13-17(24)14-20(22)28)29-12-6-4-5-11-26/h11,17-23,28H,4-10,12-15H2,1-3H3/t17?,18-,19?,20-,21-,22?,23?,24-,25+/m0/s1. The van der Waals surface area contributed by atoms with Crippen molar-refractivity contribution in [2.75, 3.05) is 13.2 Å². The topological polar surface area (TPSA) is 82.1 Å². The Hall–Kier alpha value is -0.980. The van der Waals surface area contributed by atoms with Gasteiger partial charge < -0.3 is 24.1 Å². The van der Waals surface area contributed by atoms with E-state index < -0.39 is 0 Å². The zero-order chi connectivity index (χ0) is 22.2. The van der Waals surface area contributed by atoms with Crippen LogP contribution >= 0.6 is 0 Å². The van der Waals surface area contributed by atoms with Gasteiger partial charge in [0.05, 0.1) is 24.9 Å². The highest BCUT2D eigenvalue weighted by Crippen LogP contribution is 2.63. The minimum atomic E-state index is -0.380. The highest BCUT2D eigenvalue weighted by molar-refractivity contribution is 5.66. The number of hydrogen-bond acceptors (Lipinski definition) is 6. The lowest BCUT2D eigenvalue weighted by atomic mass is 9.45. The van der Waals surface area contributed by atoms with Crippen LogP contribution < -0.4 is 0 Å². The fourth-order valence-corrected chi connectivity index (χ4v) is 7.50. The highest BCUT2D eigenvalue weighted by atomic mass is 16.6. The van der Waals surface area contributed by atoms with Gasteiger partial charge in [-0.3, -0.25) is 4.79 Å². The van der Waals surface area contributed by atoms with Gasteiger partial charge in [-0.1, -0.05) is 13.8 Å². The number of esters is 1. The van der Waals surface area contributed by atoms with E-state index in [1.807, 2.05) is 0 Å². The molecule has 0 aromatic carbocycles. The van der Waals surface area contributed by atoms with Gasteiger partial charge in [-0.15, -0.1) is 0 Å². The summed E-state index contributed by atoms with van der Waals surface area (Å²) < 4.78 is 18.0.